The molecule has 0 saturated carbocycles. The molecule has 0 atom stereocenters. The Hall–Kier alpha value is -2.38. The molecule has 0 aliphatic rings. The van der Waals surface area contributed by atoms with Gasteiger partial charge in [0.15, 0.2) is 23.7 Å². The zero-order valence-electron chi connectivity index (χ0n) is 8.38. The molecular formula is C9H6F2N4O2. The summed E-state index contributed by atoms with van der Waals surface area (Å²) in [6, 6.07) is 2.00. The molecule has 0 N–H and O–H groups in total. The summed E-state index contributed by atoms with van der Waals surface area (Å²) in [5, 5.41) is 10.2. The maximum Gasteiger partial charge on any atom is 0.191 e. The van der Waals surface area contributed by atoms with Crippen molar-refractivity contribution in [3.05, 3.63) is 30.1 Å². The maximum absolute atomic E-state index is 13.5. The van der Waals surface area contributed by atoms with Gasteiger partial charge in [0.05, 0.1) is 5.69 Å². The molecule has 2 aromatic rings. The highest BCUT2D eigenvalue weighted by atomic mass is 19.1. The number of halogens is 2. The minimum absolute atomic E-state index is 0.114. The number of aldehydes is 1. The summed E-state index contributed by atoms with van der Waals surface area (Å²) in [6.07, 6.45) is 1.59. The highest BCUT2D eigenvalue weighted by Gasteiger charge is 2.13. The molecule has 0 amide bonds. The van der Waals surface area contributed by atoms with E-state index in [1.165, 1.54) is 6.33 Å². The van der Waals surface area contributed by atoms with Crippen LogP contribution in [0.1, 0.15) is 0 Å². The second-order valence-electron chi connectivity index (χ2n) is 2.97. The third kappa shape index (κ3) is 2.25. The van der Waals surface area contributed by atoms with Gasteiger partial charge < -0.3 is 4.74 Å². The Kier molecular flexibility index (Phi) is 3.03. The number of nitrogens with zero attached hydrogens (tertiary/aromatic N) is 4. The first-order chi connectivity index (χ1) is 8.22. The van der Waals surface area contributed by atoms with Gasteiger partial charge in [0.25, 0.3) is 0 Å². The molecule has 0 radical (unpaired) electrons. The van der Waals surface area contributed by atoms with Crippen LogP contribution in [0.3, 0.4) is 0 Å². The van der Waals surface area contributed by atoms with Gasteiger partial charge in [-0.3, -0.25) is 4.79 Å². The van der Waals surface area contributed by atoms with Crippen molar-refractivity contribution < 1.29 is 18.3 Å². The van der Waals surface area contributed by atoms with Crippen molar-refractivity contribution in [2.45, 2.75) is 0 Å². The number of carbonyl (C=O) groups is 1. The average Bonchev–Trinajstić information content (AvgIpc) is 2.81. The van der Waals surface area contributed by atoms with Crippen LogP contribution in [0.2, 0.25) is 0 Å². The number of tetrazole rings is 1. The number of aromatic nitrogens is 4. The molecule has 0 bridgehead atoms. The van der Waals surface area contributed by atoms with Crippen molar-refractivity contribution in [3.8, 4) is 11.4 Å². The van der Waals surface area contributed by atoms with E-state index in [4.69, 9.17) is 0 Å². The van der Waals surface area contributed by atoms with E-state index in [1.807, 2.05) is 0 Å². The van der Waals surface area contributed by atoms with Gasteiger partial charge in [-0.2, -0.15) is 0 Å². The molecule has 0 unspecified atom stereocenters. The molecule has 17 heavy (non-hydrogen) atoms. The molecule has 0 fully saturated rings. The molecule has 0 spiro atoms. The summed E-state index contributed by atoms with van der Waals surface area (Å²) in [6.45, 7) is -0.419. The lowest BCUT2D eigenvalue weighted by Gasteiger charge is -2.07. The Labute approximate surface area is 93.8 Å². The van der Waals surface area contributed by atoms with Crippen LogP contribution in [0.25, 0.3) is 5.69 Å². The summed E-state index contributed by atoms with van der Waals surface area (Å²) in [7, 11) is 0. The van der Waals surface area contributed by atoms with Crippen molar-refractivity contribution in [1.82, 2.24) is 20.2 Å². The Bertz CT molecular complexity index is 507. The van der Waals surface area contributed by atoms with Crippen LogP contribution in [0.5, 0.6) is 5.75 Å². The van der Waals surface area contributed by atoms with Crippen LogP contribution in [-0.2, 0) is 4.79 Å². The summed E-state index contributed by atoms with van der Waals surface area (Å²) in [5.41, 5.74) is 0.114. The van der Waals surface area contributed by atoms with E-state index in [-0.39, 0.29) is 5.69 Å². The molecule has 0 aliphatic heterocycles. The van der Waals surface area contributed by atoms with Crippen molar-refractivity contribution in [3.63, 3.8) is 0 Å². The fourth-order valence-electron chi connectivity index (χ4n) is 1.21. The van der Waals surface area contributed by atoms with Crippen molar-refractivity contribution in [1.29, 1.82) is 0 Å². The zero-order chi connectivity index (χ0) is 12.3. The minimum atomic E-state index is -0.933. The number of hydrogen-bond acceptors (Lipinski definition) is 5. The van der Waals surface area contributed by atoms with Gasteiger partial charge in [0, 0.05) is 12.1 Å². The number of rotatable bonds is 4. The van der Waals surface area contributed by atoms with Crippen LogP contribution < -0.4 is 4.74 Å². The number of ether oxygens (including phenoxy) is 1. The zero-order valence-corrected chi connectivity index (χ0v) is 8.38. The molecule has 0 saturated heterocycles. The topological polar surface area (TPSA) is 69.9 Å². The molecule has 6 nitrogen and oxygen atoms in total. The van der Waals surface area contributed by atoms with Gasteiger partial charge in [-0.25, -0.2) is 13.5 Å². The molecule has 0 aliphatic carbocycles. The third-order valence-electron chi connectivity index (χ3n) is 1.89. The summed E-state index contributed by atoms with van der Waals surface area (Å²) >= 11 is 0. The highest BCUT2D eigenvalue weighted by Crippen LogP contribution is 2.24. The second kappa shape index (κ2) is 4.64. The third-order valence-corrected chi connectivity index (χ3v) is 1.89. The summed E-state index contributed by atoms with van der Waals surface area (Å²) < 4.78 is 32.6. The first-order valence-electron chi connectivity index (χ1n) is 4.51. The number of benzene rings is 1. The van der Waals surface area contributed by atoms with Crippen LogP contribution in [0.4, 0.5) is 8.78 Å². The Morgan fingerprint density at radius 2 is 2.06 bits per heavy atom. The van der Waals surface area contributed by atoms with Gasteiger partial charge in [0.1, 0.15) is 12.9 Å². The van der Waals surface area contributed by atoms with Crippen LogP contribution >= 0.6 is 0 Å². The van der Waals surface area contributed by atoms with Gasteiger partial charge in [-0.15, -0.1) is 5.10 Å². The first kappa shape index (κ1) is 11.1. The normalized spacial score (nSPS) is 10.2. The van der Waals surface area contributed by atoms with E-state index >= 15 is 0 Å². The molecule has 2 rings (SSSR count). The van der Waals surface area contributed by atoms with E-state index in [0.29, 0.717) is 6.29 Å². The van der Waals surface area contributed by atoms with Gasteiger partial charge >= 0.3 is 0 Å². The fourth-order valence-corrected chi connectivity index (χ4v) is 1.21. The average molecular weight is 240 g/mol. The number of carbonyl (C=O) groups excluding carboxylic acids is 1. The quantitative estimate of drug-likeness (QED) is 0.728. The smallest absolute Gasteiger partial charge is 0.191 e. The predicted molar refractivity (Wildman–Crippen MR) is 50.6 cm³/mol. The lowest BCUT2D eigenvalue weighted by Crippen LogP contribution is -2.04. The Balaban J connectivity index is 2.38. The molecule has 1 aromatic carbocycles. The lowest BCUT2D eigenvalue weighted by atomic mass is 10.2. The van der Waals surface area contributed by atoms with Gasteiger partial charge in [-0.05, 0) is 10.4 Å². The van der Waals surface area contributed by atoms with Gasteiger partial charge in [-0.1, -0.05) is 0 Å². The molecule has 1 heterocycles. The van der Waals surface area contributed by atoms with E-state index in [0.717, 1.165) is 16.8 Å². The second-order valence-corrected chi connectivity index (χ2v) is 2.97. The SMILES string of the molecule is O=CCOc1c(F)cc(-n2cnnn2)cc1F. The van der Waals surface area contributed by atoms with Crippen LogP contribution in [-0.4, -0.2) is 33.1 Å². The van der Waals surface area contributed by atoms with Crippen molar-refractivity contribution in [2.24, 2.45) is 0 Å². The monoisotopic (exact) mass is 240 g/mol. The molecule has 1 aromatic heterocycles. The van der Waals surface area contributed by atoms with Crippen molar-refractivity contribution >= 4 is 6.29 Å². The largest absolute Gasteiger partial charge is 0.480 e. The fraction of sp³-hybridized carbons (Fsp3) is 0.111. The minimum Gasteiger partial charge on any atom is -0.480 e. The predicted octanol–water partition coefficient (Wildman–Crippen LogP) is 0.518. The van der Waals surface area contributed by atoms with Crippen LogP contribution in [0.15, 0.2) is 18.5 Å². The number of hydrogen-bond donors (Lipinski definition) is 0. The highest BCUT2D eigenvalue weighted by molar-refractivity contribution is 5.51. The molecular weight excluding hydrogens is 234 g/mol. The van der Waals surface area contributed by atoms with Crippen LogP contribution in [0, 0.1) is 11.6 Å². The molecule has 88 valence electrons. The van der Waals surface area contributed by atoms with E-state index in [1.54, 1.807) is 0 Å². The summed E-state index contributed by atoms with van der Waals surface area (Å²) in [4.78, 5) is 10.1. The van der Waals surface area contributed by atoms with Crippen molar-refractivity contribution in [2.75, 3.05) is 6.61 Å². The standard InChI is InChI=1S/C9H6F2N4O2/c10-7-3-6(15-5-12-13-14-15)4-8(11)9(7)17-2-1-16/h1,3-5H,2H2. The van der Waals surface area contributed by atoms with Gasteiger partial charge in [0.2, 0.25) is 0 Å². The Morgan fingerprint density at radius 1 is 1.35 bits per heavy atom. The maximum atomic E-state index is 13.5. The van der Waals surface area contributed by atoms with E-state index in [2.05, 4.69) is 20.3 Å². The first-order valence-corrected chi connectivity index (χ1v) is 4.51. The Morgan fingerprint density at radius 3 is 2.59 bits per heavy atom. The van der Waals surface area contributed by atoms with E-state index in [9.17, 15) is 13.6 Å². The molecule has 8 heteroatoms. The lowest BCUT2D eigenvalue weighted by molar-refractivity contribution is -0.109. The summed E-state index contributed by atoms with van der Waals surface area (Å²) in [5.74, 6) is -2.47. The van der Waals surface area contributed by atoms with E-state index < -0.39 is 24.0 Å².